The first-order valence-corrected chi connectivity index (χ1v) is 9.39. The standard InChI is InChI=1S/C19H30N4O4/c1-22(2)16-6-4-15(5-7-16)17(23-9-12-27-13-10-23)14-21-19(26)18(25)20-8-3-11-24/h4-7,17,24H,3,8-14H2,1-2H3,(H,20,25)(H,21,26)/p+1/t17-/m0/s1. The second-order valence-corrected chi connectivity index (χ2v) is 6.85. The van der Waals surface area contributed by atoms with E-state index in [9.17, 15) is 9.59 Å². The Bertz CT molecular complexity index is 600. The molecule has 0 spiro atoms. The number of anilines is 1. The maximum absolute atomic E-state index is 12.1. The number of aliphatic hydroxyl groups excluding tert-OH is 1. The van der Waals surface area contributed by atoms with Crippen LogP contribution in [-0.4, -0.2) is 77.0 Å². The highest BCUT2D eigenvalue weighted by molar-refractivity contribution is 6.35. The fraction of sp³-hybridized carbons (Fsp3) is 0.579. The average molecular weight is 379 g/mol. The molecule has 4 N–H and O–H groups in total. The number of hydrogen-bond donors (Lipinski definition) is 4. The van der Waals surface area contributed by atoms with Crippen molar-refractivity contribution in [3.63, 3.8) is 0 Å². The van der Waals surface area contributed by atoms with E-state index in [2.05, 4.69) is 34.9 Å². The van der Waals surface area contributed by atoms with Crippen LogP contribution in [0.5, 0.6) is 0 Å². The van der Waals surface area contributed by atoms with Gasteiger partial charge in [-0.2, -0.15) is 0 Å². The summed E-state index contributed by atoms with van der Waals surface area (Å²) in [6, 6.07) is 8.34. The minimum Gasteiger partial charge on any atom is -0.396 e. The van der Waals surface area contributed by atoms with E-state index < -0.39 is 11.8 Å². The molecule has 8 nitrogen and oxygen atoms in total. The predicted molar refractivity (Wildman–Crippen MR) is 103 cm³/mol. The van der Waals surface area contributed by atoms with E-state index in [1.54, 1.807) is 0 Å². The van der Waals surface area contributed by atoms with Gasteiger partial charge in [0.15, 0.2) is 0 Å². The minimum atomic E-state index is -0.665. The molecule has 0 bridgehead atoms. The van der Waals surface area contributed by atoms with Crippen LogP contribution in [0.3, 0.4) is 0 Å². The maximum atomic E-state index is 12.1. The highest BCUT2D eigenvalue weighted by Gasteiger charge is 2.27. The Morgan fingerprint density at radius 1 is 1.15 bits per heavy atom. The van der Waals surface area contributed by atoms with Crippen molar-refractivity contribution in [1.82, 2.24) is 10.6 Å². The number of hydrogen-bond acceptors (Lipinski definition) is 5. The summed E-state index contributed by atoms with van der Waals surface area (Å²) in [7, 11) is 3.99. The molecule has 1 atom stereocenters. The van der Waals surface area contributed by atoms with Crippen molar-refractivity contribution in [2.24, 2.45) is 0 Å². The Morgan fingerprint density at radius 2 is 1.78 bits per heavy atom. The molecule has 1 fully saturated rings. The highest BCUT2D eigenvalue weighted by Crippen LogP contribution is 2.16. The largest absolute Gasteiger partial charge is 0.396 e. The normalized spacial score (nSPS) is 15.8. The molecule has 0 saturated carbocycles. The van der Waals surface area contributed by atoms with Gasteiger partial charge < -0.3 is 30.3 Å². The molecule has 1 heterocycles. The van der Waals surface area contributed by atoms with Crippen LogP contribution in [0.1, 0.15) is 18.0 Å². The van der Waals surface area contributed by atoms with Gasteiger partial charge in [0, 0.05) is 38.5 Å². The SMILES string of the molecule is CN(C)c1ccc([C@H](CNC(=O)C(=O)NCCCO)[NH+]2CCOCC2)cc1. The van der Waals surface area contributed by atoms with Gasteiger partial charge in [0.25, 0.3) is 0 Å². The molecule has 0 unspecified atom stereocenters. The van der Waals surface area contributed by atoms with Crippen LogP contribution >= 0.6 is 0 Å². The highest BCUT2D eigenvalue weighted by atomic mass is 16.5. The van der Waals surface area contributed by atoms with E-state index in [0.29, 0.717) is 26.2 Å². The molecule has 0 radical (unpaired) electrons. The van der Waals surface area contributed by atoms with Crippen LogP contribution < -0.4 is 20.4 Å². The van der Waals surface area contributed by atoms with Gasteiger partial charge in [-0.15, -0.1) is 0 Å². The summed E-state index contributed by atoms with van der Waals surface area (Å²) in [6.45, 7) is 3.74. The molecule has 8 heteroatoms. The number of nitrogens with one attached hydrogen (secondary N) is 3. The van der Waals surface area contributed by atoms with Crippen LogP contribution in [0.2, 0.25) is 0 Å². The van der Waals surface area contributed by atoms with Crippen LogP contribution in [0.15, 0.2) is 24.3 Å². The van der Waals surface area contributed by atoms with Gasteiger partial charge in [0.2, 0.25) is 0 Å². The summed E-state index contributed by atoms with van der Waals surface area (Å²) in [6.07, 6.45) is 0.428. The Hall–Kier alpha value is -2.16. The fourth-order valence-corrected chi connectivity index (χ4v) is 3.12. The number of carbonyl (C=O) groups is 2. The Balaban J connectivity index is 2.02. The summed E-state index contributed by atoms with van der Waals surface area (Å²) in [5.41, 5.74) is 2.24. The Morgan fingerprint density at radius 3 is 2.37 bits per heavy atom. The molecule has 2 rings (SSSR count). The van der Waals surface area contributed by atoms with Gasteiger partial charge in [-0.25, -0.2) is 0 Å². The topological polar surface area (TPSA) is 95.3 Å². The van der Waals surface area contributed by atoms with Gasteiger partial charge in [-0.05, 0) is 18.6 Å². The quantitative estimate of drug-likeness (QED) is 0.320. The maximum Gasteiger partial charge on any atom is 0.309 e. The number of aliphatic hydroxyl groups is 1. The Kier molecular flexibility index (Phi) is 8.50. The second-order valence-electron chi connectivity index (χ2n) is 6.85. The zero-order chi connectivity index (χ0) is 19.6. The zero-order valence-corrected chi connectivity index (χ0v) is 16.2. The lowest BCUT2D eigenvalue weighted by Crippen LogP contribution is -3.15. The summed E-state index contributed by atoms with van der Waals surface area (Å²) in [4.78, 5) is 27.3. The molecule has 150 valence electrons. The number of quaternary nitrogens is 1. The van der Waals surface area contributed by atoms with Crippen molar-refractivity contribution in [3.05, 3.63) is 29.8 Å². The van der Waals surface area contributed by atoms with Gasteiger partial charge >= 0.3 is 11.8 Å². The van der Waals surface area contributed by atoms with E-state index in [4.69, 9.17) is 9.84 Å². The number of ether oxygens (including phenoxy) is 1. The first kappa shape index (κ1) is 21.1. The van der Waals surface area contributed by atoms with Gasteiger partial charge in [0.1, 0.15) is 19.1 Å². The first-order chi connectivity index (χ1) is 13.0. The van der Waals surface area contributed by atoms with Crippen molar-refractivity contribution in [2.75, 3.05) is 65.0 Å². The third kappa shape index (κ3) is 6.50. The number of carbonyl (C=O) groups excluding carboxylic acids is 2. The number of nitrogens with zero attached hydrogens (tertiary/aromatic N) is 1. The van der Waals surface area contributed by atoms with Crippen molar-refractivity contribution >= 4 is 17.5 Å². The minimum absolute atomic E-state index is 0.0205. The Labute approximate surface area is 160 Å². The van der Waals surface area contributed by atoms with Crippen LogP contribution in [-0.2, 0) is 14.3 Å². The molecular weight excluding hydrogens is 348 g/mol. The predicted octanol–water partition coefficient (Wildman–Crippen LogP) is -1.68. The molecule has 1 aromatic carbocycles. The summed E-state index contributed by atoms with van der Waals surface area (Å²) < 4.78 is 5.46. The van der Waals surface area contributed by atoms with Crippen molar-refractivity contribution < 1.29 is 24.3 Å². The van der Waals surface area contributed by atoms with Crippen molar-refractivity contribution in [1.29, 1.82) is 0 Å². The van der Waals surface area contributed by atoms with Gasteiger partial charge in [0.05, 0.1) is 19.8 Å². The molecule has 1 aliphatic heterocycles. The van der Waals surface area contributed by atoms with E-state index >= 15 is 0 Å². The van der Waals surface area contributed by atoms with E-state index in [1.165, 1.54) is 4.90 Å². The smallest absolute Gasteiger partial charge is 0.309 e. The molecular formula is C19H31N4O4+. The third-order valence-electron chi connectivity index (χ3n) is 4.73. The number of benzene rings is 1. The molecule has 1 saturated heterocycles. The third-order valence-corrected chi connectivity index (χ3v) is 4.73. The molecule has 27 heavy (non-hydrogen) atoms. The summed E-state index contributed by atoms with van der Waals surface area (Å²) >= 11 is 0. The molecule has 2 amide bonds. The zero-order valence-electron chi connectivity index (χ0n) is 16.2. The summed E-state index contributed by atoms with van der Waals surface area (Å²) in [5.74, 6) is -1.31. The monoisotopic (exact) mass is 379 g/mol. The summed E-state index contributed by atoms with van der Waals surface area (Å²) in [5, 5.41) is 14.0. The van der Waals surface area contributed by atoms with Crippen LogP contribution in [0.4, 0.5) is 5.69 Å². The molecule has 0 aliphatic carbocycles. The van der Waals surface area contributed by atoms with E-state index in [0.717, 1.165) is 24.3 Å². The van der Waals surface area contributed by atoms with Crippen molar-refractivity contribution in [3.8, 4) is 0 Å². The molecule has 1 aliphatic rings. The number of morpholine rings is 1. The lowest BCUT2D eigenvalue weighted by atomic mass is 10.0. The fourth-order valence-electron chi connectivity index (χ4n) is 3.12. The molecule has 0 aromatic heterocycles. The van der Waals surface area contributed by atoms with Crippen LogP contribution in [0.25, 0.3) is 0 Å². The average Bonchev–Trinajstić information content (AvgIpc) is 2.69. The van der Waals surface area contributed by atoms with Crippen LogP contribution in [0, 0.1) is 0 Å². The van der Waals surface area contributed by atoms with E-state index in [1.807, 2.05) is 19.0 Å². The van der Waals surface area contributed by atoms with Gasteiger partial charge in [-0.1, -0.05) is 12.1 Å². The van der Waals surface area contributed by atoms with Crippen molar-refractivity contribution in [2.45, 2.75) is 12.5 Å². The lowest BCUT2D eigenvalue weighted by molar-refractivity contribution is -0.937. The van der Waals surface area contributed by atoms with Gasteiger partial charge in [-0.3, -0.25) is 9.59 Å². The molecule has 1 aromatic rings. The number of amides is 2. The first-order valence-electron chi connectivity index (χ1n) is 9.39. The second kappa shape index (κ2) is 10.9. The van der Waals surface area contributed by atoms with E-state index in [-0.39, 0.29) is 19.2 Å². The lowest BCUT2D eigenvalue weighted by Gasteiger charge is -2.32. The number of rotatable bonds is 8.